The fourth-order valence-corrected chi connectivity index (χ4v) is 5.41. The molecule has 0 bridgehead atoms. The summed E-state index contributed by atoms with van der Waals surface area (Å²) in [7, 11) is 0. The molecule has 178 valence electrons. The number of nitrogens with one attached hydrogen (secondary N) is 1. The van der Waals surface area contributed by atoms with Crippen LogP contribution in [0, 0.1) is 11.3 Å². The first-order valence-corrected chi connectivity index (χ1v) is 11.5. The highest BCUT2D eigenvalue weighted by Crippen LogP contribution is 2.52. The van der Waals surface area contributed by atoms with Gasteiger partial charge in [-0.05, 0) is 30.2 Å². The highest BCUT2D eigenvalue weighted by Gasteiger charge is 2.71. The average molecular weight is 463 g/mol. The summed E-state index contributed by atoms with van der Waals surface area (Å²) in [5.41, 5.74) is -3.81. The normalized spacial score (nSPS) is 25.9. The lowest BCUT2D eigenvalue weighted by Gasteiger charge is -2.36. The van der Waals surface area contributed by atoms with Gasteiger partial charge in [0, 0.05) is 18.0 Å². The molecule has 33 heavy (non-hydrogen) atoms. The lowest BCUT2D eigenvalue weighted by Crippen LogP contribution is -2.67. The molecule has 2 aliphatic carbocycles. The number of benzene rings is 1. The third kappa shape index (κ3) is 4.08. The number of nitrogens with zero attached hydrogens (tertiary/aromatic N) is 1. The number of halogens is 3. The van der Waals surface area contributed by atoms with E-state index in [1.54, 1.807) is 44.2 Å². The van der Waals surface area contributed by atoms with E-state index in [2.05, 4.69) is 5.32 Å². The third-order valence-corrected chi connectivity index (χ3v) is 7.01. The van der Waals surface area contributed by atoms with Crippen molar-refractivity contribution >= 4 is 17.6 Å². The molecule has 1 fully saturated rings. The summed E-state index contributed by atoms with van der Waals surface area (Å²) < 4.78 is 44.4. The third-order valence-electron chi connectivity index (χ3n) is 7.01. The molecule has 3 aliphatic rings. The van der Waals surface area contributed by atoms with Gasteiger partial charge in [0.15, 0.2) is 5.78 Å². The van der Waals surface area contributed by atoms with Crippen LogP contribution in [0.2, 0.25) is 0 Å². The van der Waals surface area contributed by atoms with Crippen LogP contribution < -0.4 is 5.32 Å². The van der Waals surface area contributed by atoms with Crippen molar-refractivity contribution in [2.24, 2.45) is 11.3 Å². The van der Waals surface area contributed by atoms with Crippen LogP contribution >= 0.6 is 0 Å². The summed E-state index contributed by atoms with van der Waals surface area (Å²) in [5, 5.41) is 2.09. The van der Waals surface area contributed by atoms with Crippen molar-refractivity contribution in [1.82, 2.24) is 10.2 Å². The van der Waals surface area contributed by atoms with Crippen molar-refractivity contribution in [1.29, 1.82) is 0 Å². The Labute approximate surface area is 191 Å². The molecule has 2 amide bonds. The number of carbonyl (C=O) groups excluding carboxylic acids is 3. The zero-order chi connectivity index (χ0) is 24.0. The molecule has 0 aromatic heterocycles. The van der Waals surface area contributed by atoms with Crippen molar-refractivity contribution < 1.29 is 27.6 Å². The maximum absolute atomic E-state index is 14.8. The predicted molar refractivity (Wildman–Crippen MR) is 116 cm³/mol. The van der Waals surface area contributed by atoms with Gasteiger partial charge in [-0.25, -0.2) is 0 Å². The number of ketones is 1. The molecule has 0 radical (unpaired) electrons. The smallest absolute Gasteiger partial charge is 0.330 e. The largest absolute Gasteiger partial charge is 0.425 e. The molecule has 1 heterocycles. The van der Waals surface area contributed by atoms with Crippen molar-refractivity contribution in [3.05, 3.63) is 47.2 Å². The lowest BCUT2D eigenvalue weighted by atomic mass is 9.72. The fraction of sp³-hybridized carbons (Fsp3) is 0.560. The van der Waals surface area contributed by atoms with Gasteiger partial charge in [-0.15, -0.1) is 0 Å². The number of carbonyl (C=O) groups is 3. The SMILES string of the molecule is CC1(C)CC(=O)C2=C(C1)N(Cc1ccccc1)C(=O)[C@@]2(NC(=O)C1CCCCC1)C(F)(F)F. The quantitative estimate of drug-likeness (QED) is 0.707. The summed E-state index contributed by atoms with van der Waals surface area (Å²) in [4.78, 5) is 40.9. The molecule has 5 nitrogen and oxygen atoms in total. The van der Waals surface area contributed by atoms with Crippen molar-refractivity contribution in [2.75, 3.05) is 0 Å². The Kier molecular flexibility index (Phi) is 5.91. The molecule has 0 saturated heterocycles. The van der Waals surface area contributed by atoms with Crippen molar-refractivity contribution in [3.63, 3.8) is 0 Å². The minimum absolute atomic E-state index is 0.0753. The summed E-state index contributed by atoms with van der Waals surface area (Å²) in [5.74, 6) is -3.41. The van der Waals surface area contributed by atoms with Gasteiger partial charge in [0.25, 0.3) is 5.91 Å². The van der Waals surface area contributed by atoms with Gasteiger partial charge in [0.2, 0.25) is 11.4 Å². The van der Waals surface area contributed by atoms with Crippen LogP contribution in [-0.2, 0) is 20.9 Å². The van der Waals surface area contributed by atoms with Crippen LogP contribution in [0.15, 0.2) is 41.6 Å². The molecule has 8 heteroatoms. The topological polar surface area (TPSA) is 66.5 Å². The van der Waals surface area contributed by atoms with E-state index in [1.165, 1.54) is 0 Å². The number of Topliss-reactive ketones (excluding diaryl/α,β-unsaturated/α-hetero) is 1. The molecule has 1 aromatic rings. The van der Waals surface area contributed by atoms with Crippen molar-refractivity contribution in [2.45, 2.75) is 77.1 Å². The Morgan fingerprint density at radius 1 is 1.06 bits per heavy atom. The van der Waals surface area contributed by atoms with Crippen LogP contribution in [0.25, 0.3) is 0 Å². The number of hydrogen-bond acceptors (Lipinski definition) is 3. The van der Waals surface area contributed by atoms with E-state index < -0.39 is 46.2 Å². The van der Waals surface area contributed by atoms with Crippen LogP contribution in [-0.4, -0.2) is 34.2 Å². The van der Waals surface area contributed by atoms with E-state index in [-0.39, 0.29) is 25.1 Å². The van der Waals surface area contributed by atoms with Gasteiger partial charge in [-0.1, -0.05) is 63.4 Å². The van der Waals surface area contributed by atoms with E-state index in [4.69, 9.17) is 0 Å². The number of allylic oxidation sites excluding steroid dienone is 1. The summed E-state index contributed by atoms with van der Waals surface area (Å²) in [6, 6.07) is 8.69. The Hall–Kier alpha value is -2.64. The number of alkyl halides is 3. The van der Waals surface area contributed by atoms with E-state index in [1.807, 2.05) is 0 Å². The van der Waals surface area contributed by atoms with E-state index in [9.17, 15) is 27.6 Å². The van der Waals surface area contributed by atoms with E-state index in [0.29, 0.717) is 18.4 Å². The molecular weight excluding hydrogens is 433 g/mol. The zero-order valence-electron chi connectivity index (χ0n) is 18.9. The molecule has 1 atom stereocenters. The molecule has 0 unspecified atom stereocenters. The number of rotatable bonds is 4. The first-order chi connectivity index (χ1) is 15.5. The summed E-state index contributed by atoms with van der Waals surface area (Å²) in [6.07, 6.45) is -1.72. The molecule has 1 aromatic carbocycles. The Morgan fingerprint density at radius 2 is 1.70 bits per heavy atom. The van der Waals surface area contributed by atoms with Gasteiger partial charge in [0.1, 0.15) is 0 Å². The monoisotopic (exact) mass is 462 g/mol. The molecular formula is C25H29F3N2O3. The van der Waals surface area contributed by atoms with Crippen molar-refractivity contribution in [3.8, 4) is 0 Å². The Bertz CT molecular complexity index is 994. The highest BCUT2D eigenvalue weighted by atomic mass is 19.4. The van der Waals surface area contributed by atoms with Gasteiger partial charge in [-0.2, -0.15) is 13.2 Å². The second-order valence-corrected chi connectivity index (χ2v) is 10.2. The maximum Gasteiger partial charge on any atom is 0.425 e. The lowest BCUT2D eigenvalue weighted by molar-refractivity contribution is -0.195. The minimum Gasteiger partial charge on any atom is -0.330 e. The minimum atomic E-state index is -5.16. The Balaban J connectivity index is 1.82. The van der Waals surface area contributed by atoms with E-state index in [0.717, 1.165) is 24.2 Å². The fourth-order valence-electron chi connectivity index (χ4n) is 5.41. The average Bonchev–Trinajstić information content (AvgIpc) is 2.97. The maximum atomic E-state index is 14.8. The summed E-state index contributed by atoms with van der Waals surface area (Å²) >= 11 is 0. The van der Waals surface area contributed by atoms with Gasteiger partial charge < -0.3 is 10.2 Å². The number of hydrogen-bond donors (Lipinski definition) is 1. The molecule has 1 N–H and O–H groups in total. The van der Waals surface area contributed by atoms with Crippen LogP contribution in [0.3, 0.4) is 0 Å². The van der Waals surface area contributed by atoms with Crippen LogP contribution in [0.4, 0.5) is 13.2 Å². The first kappa shape index (κ1) is 23.5. The molecule has 1 aliphatic heterocycles. The summed E-state index contributed by atoms with van der Waals surface area (Å²) in [6.45, 7) is 3.50. The van der Waals surface area contributed by atoms with Gasteiger partial charge in [0.05, 0.1) is 12.1 Å². The molecule has 1 saturated carbocycles. The highest BCUT2D eigenvalue weighted by molar-refractivity contribution is 6.13. The zero-order valence-corrected chi connectivity index (χ0v) is 18.9. The first-order valence-electron chi connectivity index (χ1n) is 11.5. The standard InChI is InChI=1S/C25H29F3N2O3/c1-23(2)13-18-20(19(31)14-23)24(25(26,27)28,29-21(32)17-11-7-4-8-12-17)22(33)30(18)15-16-9-5-3-6-10-16/h3,5-6,9-10,17H,4,7-8,11-15H2,1-2H3,(H,29,32)/t24-/m1/s1. The van der Waals surface area contributed by atoms with Gasteiger partial charge >= 0.3 is 6.18 Å². The Morgan fingerprint density at radius 3 is 2.30 bits per heavy atom. The number of amides is 2. The van der Waals surface area contributed by atoms with Gasteiger partial charge in [-0.3, -0.25) is 14.4 Å². The second kappa shape index (κ2) is 8.29. The van der Waals surface area contributed by atoms with Crippen LogP contribution in [0.5, 0.6) is 0 Å². The second-order valence-electron chi connectivity index (χ2n) is 10.2. The predicted octanol–water partition coefficient (Wildman–Crippen LogP) is 4.67. The molecule has 0 spiro atoms. The molecule has 4 rings (SSSR count). The van der Waals surface area contributed by atoms with E-state index >= 15 is 0 Å². The van der Waals surface area contributed by atoms with Crippen LogP contribution in [0.1, 0.15) is 64.4 Å².